The molecule has 0 saturated carbocycles. The van der Waals surface area contributed by atoms with Crippen LogP contribution in [-0.2, 0) is 14.3 Å². The van der Waals surface area contributed by atoms with Gasteiger partial charge in [-0.1, -0.05) is 0 Å². The second-order valence-electron chi connectivity index (χ2n) is 4.70. The summed E-state index contributed by atoms with van der Waals surface area (Å²) in [6, 6.07) is 0. The lowest BCUT2D eigenvalue weighted by Crippen LogP contribution is -2.34. The summed E-state index contributed by atoms with van der Waals surface area (Å²) in [4.78, 5) is 32.5. The highest BCUT2D eigenvalue weighted by Crippen LogP contribution is 2.06. The first kappa shape index (κ1) is 16.2. The molecule has 3 N–H and O–H groups in total. The Morgan fingerprint density at radius 3 is 2.28 bits per heavy atom. The highest BCUT2D eigenvalue weighted by molar-refractivity contribution is 5.81. The molecule has 2 amide bonds. The normalized spacial score (nSPS) is 10.6. The number of hydrogen-bond acceptors (Lipinski definition) is 4. The summed E-state index contributed by atoms with van der Waals surface area (Å²) >= 11 is 0. The Morgan fingerprint density at radius 1 is 1.17 bits per heavy atom. The molecule has 0 aromatic carbocycles. The van der Waals surface area contributed by atoms with Crippen LogP contribution in [0.1, 0.15) is 33.6 Å². The first-order chi connectivity index (χ1) is 8.20. The van der Waals surface area contributed by atoms with Crippen molar-refractivity contribution in [3.05, 3.63) is 0 Å². The maximum Gasteiger partial charge on any atom is 0.407 e. The molecule has 0 heterocycles. The zero-order valence-corrected chi connectivity index (χ0v) is 10.9. The average molecular weight is 260 g/mol. The molecule has 7 heteroatoms. The van der Waals surface area contributed by atoms with E-state index in [0.29, 0.717) is 13.0 Å². The Morgan fingerprint density at radius 2 is 1.78 bits per heavy atom. The van der Waals surface area contributed by atoms with E-state index >= 15 is 0 Å². The summed E-state index contributed by atoms with van der Waals surface area (Å²) in [5, 5.41) is 13.1. The second kappa shape index (κ2) is 7.52. The molecule has 0 spiro atoms. The third kappa shape index (κ3) is 10.7. The van der Waals surface area contributed by atoms with Crippen molar-refractivity contribution in [2.24, 2.45) is 0 Å². The maximum atomic E-state index is 11.2. The molecule has 0 aliphatic heterocycles. The standard InChI is InChI=1S/C11H20N2O5/c1-11(2,3)18-10(17)12-6-4-5-8(14)13-7-9(15)16/h4-7H2,1-3H3,(H,12,17)(H,13,14)(H,15,16). The minimum Gasteiger partial charge on any atom is -0.480 e. The molecule has 7 nitrogen and oxygen atoms in total. The number of carbonyl (C=O) groups is 3. The highest BCUT2D eigenvalue weighted by Gasteiger charge is 2.15. The van der Waals surface area contributed by atoms with Crippen molar-refractivity contribution in [3.8, 4) is 0 Å². The van der Waals surface area contributed by atoms with Gasteiger partial charge in [0.2, 0.25) is 5.91 Å². The van der Waals surface area contributed by atoms with Crippen molar-refractivity contribution >= 4 is 18.0 Å². The van der Waals surface area contributed by atoms with Gasteiger partial charge in [-0.05, 0) is 27.2 Å². The second-order valence-corrected chi connectivity index (χ2v) is 4.70. The van der Waals surface area contributed by atoms with Gasteiger partial charge in [0.05, 0.1) is 0 Å². The van der Waals surface area contributed by atoms with Crippen LogP contribution in [-0.4, -0.2) is 41.8 Å². The number of amides is 2. The van der Waals surface area contributed by atoms with Gasteiger partial charge in [-0.25, -0.2) is 4.79 Å². The van der Waals surface area contributed by atoms with Gasteiger partial charge in [-0.3, -0.25) is 9.59 Å². The Kier molecular flexibility index (Phi) is 6.77. The summed E-state index contributed by atoms with van der Waals surface area (Å²) in [5.74, 6) is -1.45. The van der Waals surface area contributed by atoms with Crippen molar-refractivity contribution < 1.29 is 24.2 Å². The van der Waals surface area contributed by atoms with Crippen molar-refractivity contribution in [2.75, 3.05) is 13.1 Å². The quantitative estimate of drug-likeness (QED) is 0.603. The molecule has 0 saturated heterocycles. The largest absolute Gasteiger partial charge is 0.480 e. The number of rotatable bonds is 6. The smallest absolute Gasteiger partial charge is 0.407 e. The molecule has 0 fully saturated rings. The molecule has 0 aliphatic rings. The van der Waals surface area contributed by atoms with Gasteiger partial charge < -0.3 is 20.5 Å². The lowest BCUT2D eigenvalue weighted by molar-refractivity contribution is -0.137. The van der Waals surface area contributed by atoms with Crippen LogP contribution >= 0.6 is 0 Å². The summed E-state index contributed by atoms with van der Waals surface area (Å²) in [5.41, 5.74) is -0.553. The van der Waals surface area contributed by atoms with Crippen LogP contribution in [0.5, 0.6) is 0 Å². The van der Waals surface area contributed by atoms with Crippen LogP contribution in [0.2, 0.25) is 0 Å². The Labute approximate surface area is 106 Å². The van der Waals surface area contributed by atoms with Crippen LogP contribution in [0.25, 0.3) is 0 Å². The molecule has 0 aromatic rings. The molecule has 0 aliphatic carbocycles. The fourth-order valence-electron chi connectivity index (χ4n) is 1.02. The summed E-state index contributed by atoms with van der Waals surface area (Å²) < 4.78 is 5.00. The number of carbonyl (C=O) groups excluding carboxylic acids is 2. The van der Waals surface area contributed by atoms with Gasteiger partial charge in [0.15, 0.2) is 0 Å². The van der Waals surface area contributed by atoms with Gasteiger partial charge in [-0.2, -0.15) is 0 Å². The van der Waals surface area contributed by atoms with Gasteiger partial charge in [0.25, 0.3) is 0 Å². The number of carboxylic acids is 1. The maximum absolute atomic E-state index is 11.2. The first-order valence-electron chi connectivity index (χ1n) is 5.66. The monoisotopic (exact) mass is 260 g/mol. The fraction of sp³-hybridized carbons (Fsp3) is 0.727. The Hall–Kier alpha value is -1.79. The van der Waals surface area contributed by atoms with E-state index in [4.69, 9.17) is 9.84 Å². The van der Waals surface area contributed by atoms with Gasteiger partial charge >= 0.3 is 12.1 Å². The van der Waals surface area contributed by atoms with Crippen molar-refractivity contribution in [1.29, 1.82) is 0 Å². The topological polar surface area (TPSA) is 105 Å². The van der Waals surface area contributed by atoms with E-state index < -0.39 is 24.2 Å². The number of alkyl carbamates (subject to hydrolysis) is 1. The predicted octanol–water partition coefficient (Wildman–Crippen LogP) is 0.492. The average Bonchev–Trinajstić information content (AvgIpc) is 2.19. The van der Waals surface area contributed by atoms with E-state index in [1.807, 2.05) is 0 Å². The Bertz CT molecular complexity index is 309. The number of carboxylic acid groups (broad SMARTS) is 1. The fourth-order valence-corrected chi connectivity index (χ4v) is 1.02. The minimum absolute atomic E-state index is 0.156. The molecule has 0 unspecified atom stereocenters. The van der Waals surface area contributed by atoms with E-state index in [0.717, 1.165) is 0 Å². The van der Waals surface area contributed by atoms with E-state index in [1.54, 1.807) is 20.8 Å². The third-order valence-corrected chi connectivity index (χ3v) is 1.69. The van der Waals surface area contributed by atoms with Crippen molar-refractivity contribution in [2.45, 2.75) is 39.2 Å². The van der Waals surface area contributed by atoms with Gasteiger partial charge in [0.1, 0.15) is 12.1 Å². The molecular weight excluding hydrogens is 240 g/mol. The van der Waals surface area contributed by atoms with Crippen LogP contribution in [0.4, 0.5) is 4.79 Å². The first-order valence-corrected chi connectivity index (χ1v) is 5.66. The zero-order chi connectivity index (χ0) is 14.2. The summed E-state index contributed by atoms with van der Waals surface area (Å²) in [7, 11) is 0. The van der Waals surface area contributed by atoms with Gasteiger partial charge in [0, 0.05) is 13.0 Å². The third-order valence-electron chi connectivity index (χ3n) is 1.69. The highest BCUT2D eigenvalue weighted by atomic mass is 16.6. The molecule has 18 heavy (non-hydrogen) atoms. The van der Waals surface area contributed by atoms with Crippen molar-refractivity contribution in [1.82, 2.24) is 10.6 Å². The van der Waals surface area contributed by atoms with E-state index in [1.165, 1.54) is 0 Å². The number of ether oxygens (including phenoxy) is 1. The van der Waals surface area contributed by atoms with E-state index in [2.05, 4.69) is 10.6 Å². The van der Waals surface area contributed by atoms with Crippen LogP contribution in [0.3, 0.4) is 0 Å². The minimum atomic E-state index is -1.09. The number of nitrogens with one attached hydrogen (secondary N) is 2. The van der Waals surface area contributed by atoms with E-state index in [-0.39, 0.29) is 12.3 Å². The van der Waals surface area contributed by atoms with E-state index in [9.17, 15) is 14.4 Å². The van der Waals surface area contributed by atoms with Crippen LogP contribution < -0.4 is 10.6 Å². The molecule has 0 rings (SSSR count). The molecular formula is C11H20N2O5. The number of aliphatic carboxylic acids is 1. The molecule has 0 bridgehead atoms. The summed E-state index contributed by atoms with van der Waals surface area (Å²) in [6.07, 6.45) is 0.0433. The van der Waals surface area contributed by atoms with Crippen LogP contribution in [0.15, 0.2) is 0 Å². The summed E-state index contributed by atoms with van der Waals surface area (Å²) in [6.45, 7) is 5.18. The molecule has 0 atom stereocenters. The molecule has 0 aromatic heterocycles. The molecule has 104 valence electrons. The van der Waals surface area contributed by atoms with Gasteiger partial charge in [-0.15, -0.1) is 0 Å². The lowest BCUT2D eigenvalue weighted by atomic mass is 10.2. The van der Waals surface area contributed by atoms with Crippen molar-refractivity contribution in [3.63, 3.8) is 0 Å². The number of hydrogen-bond donors (Lipinski definition) is 3. The predicted molar refractivity (Wildman–Crippen MR) is 64.1 cm³/mol. The Balaban J connectivity index is 3.59. The SMILES string of the molecule is CC(C)(C)OC(=O)NCCCC(=O)NCC(=O)O. The molecule has 0 radical (unpaired) electrons. The van der Waals surface area contributed by atoms with Crippen LogP contribution in [0, 0.1) is 0 Å². The zero-order valence-electron chi connectivity index (χ0n) is 10.9. The lowest BCUT2D eigenvalue weighted by Gasteiger charge is -2.19.